The molecule has 5 nitrogen and oxygen atoms in total. The van der Waals surface area contributed by atoms with Crippen LogP contribution in [0.3, 0.4) is 0 Å². The maximum atomic E-state index is 11.6. The van der Waals surface area contributed by atoms with Crippen molar-refractivity contribution in [1.82, 2.24) is 9.97 Å². The van der Waals surface area contributed by atoms with Crippen LogP contribution in [0.1, 0.15) is 19.8 Å². The summed E-state index contributed by atoms with van der Waals surface area (Å²) < 4.78 is 10.9. The average Bonchev–Trinajstić information content (AvgIpc) is 2.42. The molecule has 0 N–H and O–H groups in total. The molecule has 2 aromatic rings. The van der Waals surface area contributed by atoms with Gasteiger partial charge in [-0.2, -0.15) is 0 Å². The Morgan fingerprint density at radius 1 is 1.48 bits per heavy atom. The Bertz CT molecular complexity index is 671. The Hall–Kier alpha value is -1.88. The van der Waals surface area contributed by atoms with Crippen molar-refractivity contribution in [2.75, 3.05) is 6.61 Å². The van der Waals surface area contributed by atoms with Crippen LogP contribution in [0.15, 0.2) is 24.4 Å². The summed E-state index contributed by atoms with van der Waals surface area (Å²) in [6.45, 7) is 2.21. The van der Waals surface area contributed by atoms with E-state index in [2.05, 4.69) is 9.97 Å². The fourth-order valence-electron chi connectivity index (χ4n) is 2.38. The molecule has 0 atom stereocenters. The van der Waals surface area contributed by atoms with Gasteiger partial charge >= 0.3 is 5.97 Å². The summed E-state index contributed by atoms with van der Waals surface area (Å²) in [5, 5.41) is 1.17. The number of carbonyl (C=O) groups excluding carboxylic acids is 1. The maximum Gasteiger partial charge on any atom is 0.309 e. The van der Waals surface area contributed by atoms with Gasteiger partial charge in [-0.25, -0.2) is 4.98 Å². The number of ether oxygens (including phenoxy) is 2. The van der Waals surface area contributed by atoms with Gasteiger partial charge in [-0.15, -0.1) is 0 Å². The van der Waals surface area contributed by atoms with Gasteiger partial charge in [-0.05, 0) is 31.9 Å². The predicted molar refractivity (Wildman–Crippen MR) is 78.3 cm³/mol. The van der Waals surface area contributed by atoms with Gasteiger partial charge in [0, 0.05) is 12.3 Å². The predicted octanol–water partition coefficient (Wildman–Crippen LogP) is 3.00. The Labute approximate surface area is 127 Å². The first kappa shape index (κ1) is 14.1. The molecule has 1 fully saturated rings. The van der Waals surface area contributed by atoms with Gasteiger partial charge in [0.05, 0.1) is 23.4 Å². The third-order valence-corrected chi connectivity index (χ3v) is 3.72. The monoisotopic (exact) mass is 306 g/mol. The Kier molecular flexibility index (Phi) is 3.92. The SMILES string of the molecule is CCOC(=O)[C@H]1C[C@@H](Oc2nc(Cl)cc3ncccc23)C1. The minimum Gasteiger partial charge on any atom is -0.474 e. The molecule has 1 saturated carbocycles. The molecule has 0 radical (unpaired) electrons. The topological polar surface area (TPSA) is 61.3 Å². The van der Waals surface area contributed by atoms with Gasteiger partial charge in [0.1, 0.15) is 11.3 Å². The Morgan fingerprint density at radius 2 is 2.29 bits per heavy atom. The Morgan fingerprint density at radius 3 is 3.05 bits per heavy atom. The zero-order chi connectivity index (χ0) is 14.8. The molecule has 3 rings (SSSR count). The second-order valence-electron chi connectivity index (χ2n) is 4.98. The van der Waals surface area contributed by atoms with E-state index >= 15 is 0 Å². The normalized spacial score (nSPS) is 20.9. The zero-order valence-electron chi connectivity index (χ0n) is 11.6. The molecule has 0 saturated heterocycles. The molecule has 0 aliphatic heterocycles. The lowest BCUT2D eigenvalue weighted by molar-refractivity contribution is -0.154. The molecule has 2 aromatic heterocycles. The van der Waals surface area contributed by atoms with Crippen LogP contribution in [0.4, 0.5) is 0 Å². The molecule has 0 spiro atoms. The van der Waals surface area contributed by atoms with Crippen LogP contribution in [0.25, 0.3) is 10.9 Å². The third kappa shape index (κ3) is 2.93. The molecule has 1 aliphatic rings. The van der Waals surface area contributed by atoms with Gasteiger partial charge in [0.25, 0.3) is 0 Å². The Balaban J connectivity index is 1.71. The lowest BCUT2D eigenvalue weighted by atomic mass is 9.82. The highest BCUT2D eigenvalue weighted by molar-refractivity contribution is 6.30. The van der Waals surface area contributed by atoms with E-state index in [1.807, 2.05) is 12.1 Å². The number of halogens is 1. The first-order chi connectivity index (χ1) is 10.2. The minimum absolute atomic E-state index is 0.0335. The van der Waals surface area contributed by atoms with E-state index in [1.54, 1.807) is 19.2 Å². The van der Waals surface area contributed by atoms with Crippen molar-refractivity contribution >= 4 is 28.5 Å². The van der Waals surface area contributed by atoms with Crippen LogP contribution in [0.5, 0.6) is 5.88 Å². The van der Waals surface area contributed by atoms with Gasteiger partial charge in [-0.1, -0.05) is 11.6 Å². The maximum absolute atomic E-state index is 11.6. The molecular formula is C15H15ClN2O3. The van der Waals surface area contributed by atoms with Crippen LogP contribution in [0.2, 0.25) is 5.15 Å². The number of aromatic nitrogens is 2. The van der Waals surface area contributed by atoms with Crippen molar-refractivity contribution in [1.29, 1.82) is 0 Å². The highest BCUT2D eigenvalue weighted by Crippen LogP contribution is 2.34. The third-order valence-electron chi connectivity index (χ3n) is 3.53. The summed E-state index contributed by atoms with van der Waals surface area (Å²) in [6, 6.07) is 5.42. The fraction of sp³-hybridized carbons (Fsp3) is 0.400. The number of hydrogen-bond donors (Lipinski definition) is 0. The van der Waals surface area contributed by atoms with Crippen LogP contribution in [0, 0.1) is 5.92 Å². The van der Waals surface area contributed by atoms with Gasteiger partial charge < -0.3 is 9.47 Å². The summed E-state index contributed by atoms with van der Waals surface area (Å²) in [7, 11) is 0. The van der Waals surface area contributed by atoms with Gasteiger partial charge in [0.2, 0.25) is 5.88 Å². The van der Waals surface area contributed by atoms with Crippen LogP contribution >= 0.6 is 11.6 Å². The highest BCUT2D eigenvalue weighted by atomic mass is 35.5. The zero-order valence-corrected chi connectivity index (χ0v) is 12.3. The van der Waals surface area contributed by atoms with E-state index in [0.717, 1.165) is 10.9 Å². The van der Waals surface area contributed by atoms with Crippen LogP contribution < -0.4 is 4.74 Å². The second kappa shape index (κ2) is 5.85. The largest absolute Gasteiger partial charge is 0.474 e. The van der Waals surface area contributed by atoms with E-state index in [-0.39, 0.29) is 18.0 Å². The smallest absolute Gasteiger partial charge is 0.309 e. The number of carbonyl (C=O) groups is 1. The number of pyridine rings is 2. The van der Waals surface area contributed by atoms with Crippen LogP contribution in [-0.2, 0) is 9.53 Å². The number of esters is 1. The summed E-state index contributed by atoms with van der Waals surface area (Å²) >= 11 is 5.98. The van der Waals surface area contributed by atoms with E-state index in [4.69, 9.17) is 21.1 Å². The molecular weight excluding hydrogens is 292 g/mol. The van der Waals surface area contributed by atoms with E-state index in [9.17, 15) is 4.79 Å². The molecule has 2 heterocycles. The van der Waals surface area contributed by atoms with Crippen molar-refractivity contribution in [3.63, 3.8) is 0 Å². The molecule has 0 bridgehead atoms. The van der Waals surface area contributed by atoms with Crippen molar-refractivity contribution in [3.8, 4) is 5.88 Å². The van der Waals surface area contributed by atoms with Gasteiger partial charge in [-0.3, -0.25) is 9.78 Å². The molecule has 0 amide bonds. The fourth-order valence-corrected chi connectivity index (χ4v) is 2.56. The van der Waals surface area contributed by atoms with Crippen molar-refractivity contribution in [2.24, 2.45) is 5.92 Å². The summed E-state index contributed by atoms with van der Waals surface area (Å²) in [4.78, 5) is 20.0. The molecule has 1 aliphatic carbocycles. The number of rotatable bonds is 4. The number of fused-ring (bicyclic) bond motifs is 1. The number of hydrogen-bond acceptors (Lipinski definition) is 5. The summed E-state index contributed by atoms with van der Waals surface area (Å²) in [5.74, 6) is 0.249. The first-order valence-electron chi connectivity index (χ1n) is 6.92. The highest BCUT2D eigenvalue weighted by Gasteiger charge is 2.37. The van der Waals surface area contributed by atoms with Crippen molar-refractivity contribution < 1.29 is 14.3 Å². The summed E-state index contributed by atoms with van der Waals surface area (Å²) in [5.41, 5.74) is 0.744. The lowest BCUT2D eigenvalue weighted by Gasteiger charge is -2.33. The molecule has 0 unspecified atom stereocenters. The van der Waals surface area contributed by atoms with Crippen molar-refractivity contribution in [3.05, 3.63) is 29.5 Å². The van der Waals surface area contributed by atoms with Gasteiger partial charge in [0.15, 0.2) is 0 Å². The molecule has 21 heavy (non-hydrogen) atoms. The summed E-state index contributed by atoms with van der Waals surface area (Å²) in [6.07, 6.45) is 2.96. The minimum atomic E-state index is -0.150. The average molecular weight is 307 g/mol. The lowest BCUT2D eigenvalue weighted by Crippen LogP contribution is -2.39. The molecule has 110 valence electrons. The number of nitrogens with zero attached hydrogens (tertiary/aromatic N) is 2. The first-order valence-corrected chi connectivity index (χ1v) is 7.29. The van der Waals surface area contributed by atoms with Crippen LogP contribution in [-0.4, -0.2) is 28.6 Å². The standard InChI is InChI=1S/C15H15ClN2O3/c1-2-20-15(19)9-6-10(7-9)21-14-11-4-3-5-17-12(11)8-13(16)18-14/h3-5,8-10H,2,6-7H2,1H3/t9-,10+. The van der Waals surface area contributed by atoms with Crippen molar-refractivity contribution in [2.45, 2.75) is 25.9 Å². The second-order valence-corrected chi connectivity index (χ2v) is 5.37. The quantitative estimate of drug-likeness (QED) is 0.642. The van der Waals surface area contributed by atoms with E-state index in [0.29, 0.717) is 30.5 Å². The molecule has 0 aromatic carbocycles. The van der Waals surface area contributed by atoms with E-state index < -0.39 is 0 Å². The molecule has 6 heteroatoms. The van der Waals surface area contributed by atoms with E-state index in [1.165, 1.54) is 0 Å².